The molecule has 1 aromatic heterocycles. The van der Waals surface area contributed by atoms with Crippen LogP contribution in [0.15, 0.2) is 12.1 Å². The number of hydrogen-bond donors (Lipinski definition) is 1. The summed E-state index contributed by atoms with van der Waals surface area (Å²) in [5.41, 5.74) is 8.19. The van der Waals surface area contributed by atoms with Crippen LogP contribution in [0.4, 0.5) is 0 Å². The summed E-state index contributed by atoms with van der Waals surface area (Å²) in [6, 6.07) is 4.33. The van der Waals surface area contributed by atoms with Gasteiger partial charge in [0, 0.05) is 18.4 Å². The Bertz CT molecular complexity index is 225. The number of aryl methyl sites for hydroxylation is 1. The SMILES string of the molecule is CCc1ccc(CCN)n1C. The maximum Gasteiger partial charge on any atom is 0.0187 e. The van der Waals surface area contributed by atoms with E-state index in [1.165, 1.54) is 11.4 Å². The molecule has 2 nitrogen and oxygen atoms in total. The first-order valence-electron chi connectivity index (χ1n) is 4.13. The molecule has 11 heavy (non-hydrogen) atoms. The van der Waals surface area contributed by atoms with Crippen LogP contribution in [0.1, 0.15) is 18.3 Å². The second-order valence-corrected chi connectivity index (χ2v) is 2.77. The monoisotopic (exact) mass is 152 g/mol. The summed E-state index contributed by atoms with van der Waals surface area (Å²) in [5, 5.41) is 0. The summed E-state index contributed by atoms with van der Waals surface area (Å²) in [4.78, 5) is 0. The third-order valence-electron chi connectivity index (χ3n) is 2.09. The van der Waals surface area contributed by atoms with Crippen LogP contribution in [0.3, 0.4) is 0 Å². The molecule has 62 valence electrons. The predicted molar refractivity (Wildman–Crippen MR) is 47.5 cm³/mol. The molecule has 0 spiro atoms. The van der Waals surface area contributed by atoms with E-state index in [0.29, 0.717) is 0 Å². The van der Waals surface area contributed by atoms with Crippen LogP contribution in [-0.2, 0) is 19.9 Å². The first kappa shape index (κ1) is 8.34. The standard InChI is InChI=1S/C9H16N2/c1-3-8-4-5-9(6-7-10)11(8)2/h4-5H,3,6-7,10H2,1-2H3. The third kappa shape index (κ3) is 1.63. The lowest BCUT2D eigenvalue weighted by Gasteiger charge is -2.04. The molecule has 0 saturated carbocycles. The Hall–Kier alpha value is -0.760. The lowest BCUT2D eigenvalue weighted by molar-refractivity contribution is 0.763. The largest absolute Gasteiger partial charge is 0.352 e. The highest BCUT2D eigenvalue weighted by Crippen LogP contribution is 2.07. The molecule has 0 aliphatic carbocycles. The Morgan fingerprint density at radius 3 is 2.45 bits per heavy atom. The molecule has 0 aliphatic rings. The van der Waals surface area contributed by atoms with Gasteiger partial charge in [0.05, 0.1) is 0 Å². The summed E-state index contributed by atoms with van der Waals surface area (Å²) in [6.45, 7) is 2.91. The molecule has 0 amide bonds. The van der Waals surface area contributed by atoms with Crippen LogP contribution in [0, 0.1) is 0 Å². The Morgan fingerprint density at radius 1 is 1.36 bits per heavy atom. The van der Waals surface area contributed by atoms with Crippen molar-refractivity contribution in [1.82, 2.24) is 4.57 Å². The minimum atomic E-state index is 0.737. The average molecular weight is 152 g/mol. The summed E-state index contributed by atoms with van der Waals surface area (Å²) in [5.74, 6) is 0. The smallest absolute Gasteiger partial charge is 0.0187 e. The van der Waals surface area contributed by atoms with Crippen LogP contribution in [0.2, 0.25) is 0 Å². The Labute approximate surface area is 68.0 Å². The zero-order valence-corrected chi connectivity index (χ0v) is 7.30. The highest BCUT2D eigenvalue weighted by Gasteiger charge is 2.00. The van der Waals surface area contributed by atoms with E-state index in [2.05, 4.69) is 30.7 Å². The maximum absolute atomic E-state index is 5.47. The fraction of sp³-hybridized carbons (Fsp3) is 0.556. The molecule has 2 heteroatoms. The normalized spacial score (nSPS) is 10.5. The molecule has 0 bridgehead atoms. The van der Waals surface area contributed by atoms with Gasteiger partial charge in [-0.2, -0.15) is 0 Å². The van der Waals surface area contributed by atoms with Gasteiger partial charge in [0.1, 0.15) is 0 Å². The van der Waals surface area contributed by atoms with Crippen molar-refractivity contribution < 1.29 is 0 Å². The molecule has 1 rings (SSSR count). The molecule has 0 fully saturated rings. The van der Waals surface area contributed by atoms with Gasteiger partial charge in [0.2, 0.25) is 0 Å². The summed E-state index contributed by atoms with van der Waals surface area (Å²) < 4.78 is 2.23. The van der Waals surface area contributed by atoms with Crippen molar-refractivity contribution in [2.75, 3.05) is 6.54 Å². The minimum Gasteiger partial charge on any atom is -0.352 e. The van der Waals surface area contributed by atoms with Gasteiger partial charge in [-0.15, -0.1) is 0 Å². The van der Waals surface area contributed by atoms with Crippen molar-refractivity contribution in [3.8, 4) is 0 Å². The Balaban J connectivity index is 2.82. The second-order valence-electron chi connectivity index (χ2n) is 2.77. The van der Waals surface area contributed by atoms with E-state index in [0.717, 1.165) is 19.4 Å². The summed E-state index contributed by atoms with van der Waals surface area (Å²) >= 11 is 0. The van der Waals surface area contributed by atoms with Gasteiger partial charge in [-0.25, -0.2) is 0 Å². The number of nitrogens with two attached hydrogens (primary N) is 1. The lowest BCUT2D eigenvalue weighted by atomic mass is 10.3. The number of hydrogen-bond acceptors (Lipinski definition) is 1. The van der Waals surface area contributed by atoms with Gasteiger partial charge >= 0.3 is 0 Å². The fourth-order valence-electron chi connectivity index (χ4n) is 1.35. The second kappa shape index (κ2) is 3.58. The Morgan fingerprint density at radius 2 is 2.00 bits per heavy atom. The molecule has 0 saturated heterocycles. The van der Waals surface area contributed by atoms with Gasteiger partial charge < -0.3 is 10.3 Å². The third-order valence-corrected chi connectivity index (χ3v) is 2.09. The van der Waals surface area contributed by atoms with Crippen molar-refractivity contribution in [1.29, 1.82) is 0 Å². The molecule has 0 unspecified atom stereocenters. The van der Waals surface area contributed by atoms with Gasteiger partial charge in [-0.1, -0.05) is 6.92 Å². The maximum atomic E-state index is 5.47. The first-order chi connectivity index (χ1) is 5.29. The van der Waals surface area contributed by atoms with Crippen molar-refractivity contribution in [2.24, 2.45) is 12.8 Å². The topological polar surface area (TPSA) is 30.9 Å². The molecular formula is C9H16N2. The van der Waals surface area contributed by atoms with Crippen molar-refractivity contribution in [3.05, 3.63) is 23.5 Å². The molecule has 2 N–H and O–H groups in total. The fourth-order valence-corrected chi connectivity index (χ4v) is 1.35. The van der Waals surface area contributed by atoms with E-state index >= 15 is 0 Å². The van der Waals surface area contributed by atoms with Crippen molar-refractivity contribution in [3.63, 3.8) is 0 Å². The van der Waals surface area contributed by atoms with E-state index in [4.69, 9.17) is 5.73 Å². The first-order valence-corrected chi connectivity index (χ1v) is 4.13. The van der Waals surface area contributed by atoms with Crippen LogP contribution in [-0.4, -0.2) is 11.1 Å². The average Bonchev–Trinajstić information content (AvgIpc) is 2.34. The number of nitrogens with zero attached hydrogens (tertiary/aromatic N) is 1. The van der Waals surface area contributed by atoms with Crippen molar-refractivity contribution >= 4 is 0 Å². The van der Waals surface area contributed by atoms with Gasteiger partial charge in [0.15, 0.2) is 0 Å². The number of rotatable bonds is 3. The lowest BCUT2D eigenvalue weighted by Crippen LogP contribution is -2.07. The summed E-state index contributed by atoms with van der Waals surface area (Å²) in [6.07, 6.45) is 2.08. The quantitative estimate of drug-likeness (QED) is 0.690. The molecule has 1 aromatic rings. The zero-order valence-electron chi connectivity index (χ0n) is 7.30. The van der Waals surface area contributed by atoms with Crippen LogP contribution in [0.5, 0.6) is 0 Å². The van der Waals surface area contributed by atoms with Crippen molar-refractivity contribution in [2.45, 2.75) is 19.8 Å². The van der Waals surface area contributed by atoms with E-state index in [9.17, 15) is 0 Å². The summed E-state index contributed by atoms with van der Waals surface area (Å²) in [7, 11) is 2.10. The molecule has 0 atom stereocenters. The molecule has 0 aliphatic heterocycles. The zero-order chi connectivity index (χ0) is 8.27. The van der Waals surface area contributed by atoms with Crippen LogP contribution in [0.25, 0.3) is 0 Å². The van der Waals surface area contributed by atoms with Crippen LogP contribution < -0.4 is 5.73 Å². The van der Waals surface area contributed by atoms with Gasteiger partial charge in [0.25, 0.3) is 0 Å². The molecule has 0 radical (unpaired) electrons. The highest BCUT2D eigenvalue weighted by molar-refractivity contribution is 5.16. The minimum absolute atomic E-state index is 0.737. The van der Waals surface area contributed by atoms with E-state index in [1.54, 1.807) is 0 Å². The van der Waals surface area contributed by atoms with E-state index < -0.39 is 0 Å². The highest BCUT2D eigenvalue weighted by atomic mass is 15.0. The van der Waals surface area contributed by atoms with E-state index in [-0.39, 0.29) is 0 Å². The van der Waals surface area contributed by atoms with Crippen LogP contribution >= 0.6 is 0 Å². The predicted octanol–water partition coefficient (Wildman–Crippen LogP) is 1.09. The molecule has 0 aromatic carbocycles. The van der Waals surface area contributed by atoms with Gasteiger partial charge in [-0.05, 0) is 31.5 Å². The molecule has 1 heterocycles. The number of aromatic nitrogens is 1. The Kier molecular flexibility index (Phi) is 2.71. The molecular weight excluding hydrogens is 136 g/mol. The van der Waals surface area contributed by atoms with E-state index in [1.807, 2.05) is 0 Å². The van der Waals surface area contributed by atoms with Gasteiger partial charge in [-0.3, -0.25) is 0 Å².